The second-order valence-electron chi connectivity index (χ2n) is 5.08. The Balaban J connectivity index is 2.27. The molecule has 1 amide bonds. The molecule has 1 aliphatic heterocycles. The van der Waals surface area contributed by atoms with E-state index < -0.39 is 0 Å². The largest absolute Gasteiger partial charge is 0.345 e. The summed E-state index contributed by atoms with van der Waals surface area (Å²) in [5.41, 5.74) is 0. The molecule has 1 unspecified atom stereocenters. The van der Waals surface area contributed by atoms with Crippen molar-refractivity contribution in [2.75, 3.05) is 26.7 Å². The van der Waals surface area contributed by atoms with Crippen molar-refractivity contribution in [2.24, 2.45) is 11.8 Å². The van der Waals surface area contributed by atoms with Crippen LogP contribution >= 0.6 is 0 Å². The summed E-state index contributed by atoms with van der Waals surface area (Å²) in [6.45, 7) is 7.30. The van der Waals surface area contributed by atoms with Gasteiger partial charge in [0.25, 0.3) is 0 Å². The van der Waals surface area contributed by atoms with Crippen molar-refractivity contribution >= 4 is 5.91 Å². The molecule has 0 aromatic rings. The normalized spacial score (nSPS) is 21.7. The number of nitrogens with one attached hydrogen (secondary N) is 1. The van der Waals surface area contributed by atoms with Crippen LogP contribution in [0.2, 0.25) is 0 Å². The number of piperidine rings is 1. The second-order valence-corrected chi connectivity index (χ2v) is 5.08. The van der Waals surface area contributed by atoms with E-state index in [1.165, 1.54) is 12.8 Å². The van der Waals surface area contributed by atoms with Crippen LogP contribution < -0.4 is 5.32 Å². The number of hydrogen-bond donors (Lipinski definition) is 1. The summed E-state index contributed by atoms with van der Waals surface area (Å²) in [5.74, 6) is 1.42. The number of nitrogens with zero attached hydrogens (tertiary/aromatic N) is 1. The average Bonchev–Trinajstić information content (AvgIpc) is 2.18. The molecule has 1 N–H and O–H groups in total. The van der Waals surface area contributed by atoms with Crippen molar-refractivity contribution in [1.29, 1.82) is 0 Å². The highest BCUT2D eigenvalue weighted by molar-refractivity contribution is 5.76. The lowest BCUT2D eigenvalue weighted by Gasteiger charge is -2.25. The molecule has 1 rings (SSSR count). The average molecular weight is 212 g/mol. The SMILES string of the molecule is CC(C)CN(C)C(=O)CC1CCCNC1. The van der Waals surface area contributed by atoms with Gasteiger partial charge in [0, 0.05) is 20.0 Å². The first kappa shape index (κ1) is 12.5. The molecule has 0 aromatic heterocycles. The zero-order valence-corrected chi connectivity index (χ0v) is 10.3. The third-order valence-electron chi connectivity index (χ3n) is 2.93. The first-order valence-electron chi connectivity index (χ1n) is 6.04. The third kappa shape index (κ3) is 4.65. The number of carbonyl (C=O) groups excluding carboxylic acids is 1. The highest BCUT2D eigenvalue weighted by Gasteiger charge is 2.19. The molecule has 0 aromatic carbocycles. The van der Waals surface area contributed by atoms with Gasteiger partial charge in [0.1, 0.15) is 0 Å². The van der Waals surface area contributed by atoms with Crippen LogP contribution in [0.4, 0.5) is 0 Å². The van der Waals surface area contributed by atoms with Crippen molar-refractivity contribution in [3.8, 4) is 0 Å². The minimum Gasteiger partial charge on any atom is -0.345 e. The molecule has 0 radical (unpaired) electrons. The standard InChI is InChI=1S/C12H24N2O/c1-10(2)9-14(3)12(15)7-11-5-4-6-13-8-11/h10-11,13H,4-9H2,1-3H3. The quantitative estimate of drug-likeness (QED) is 0.766. The van der Waals surface area contributed by atoms with Crippen molar-refractivity contribution in [3.05, 3.63) is 0 Å². The van der Waals surface area contributed by atoms with Crippen molar-refractivity contribution in [3.63, 3.8) is 0 Å². The van der Waals surface area contributed by atoms with Gasteiger partial charge in [0.15, 0.2) is 0 Å². The Hall–Kier alpha value is -0.570. The van der Waals surface area contributed by atoms with Crippen LogP contribution in [0.1, 0.15) is 33.1 Å². The molecular formula is C12H24N2O. The minimum atomic E-state index is 0.303. The van der Waals surface area contributed by atoms with E-state index >= 15 is 0 Å². The molecule has 0 bridgehead atoms. The molecule has 1 atom stereocenters. The lowest BCUT2D eigenvalue weighted by molar-refractivity contribution is -0.131. The Morgan fingerprint density at radius 3 is 2.80 bits per heavy atom. The van der Waals surface area contributed by atoms with Gasteiger partial charge in [-0.3, -0.25) is 4.79 Å². The van der Waals surface area contributed by atoms with Crippen molar-refractivity contribution in [2.45, 2.75) is 33.1 Å². The van der Waals surface area contributed by atoms with Crippen LogP contribution in [0, 0.1) is 11.8 Å². The molecular weight excluding hydrogens is 188 g/mol. The zero-order valence-electron chi connectivity index (χ0n) is 10.3. The number of rotatable bonds is 4. The molecule has 1 aliphatic rings. The molecule has 1 heterocycles. The maximum Gasteiger partial charge on any atom is 0.222 e. The Bertz CT molecular complexity index is 198. The van der Waals surface area contributed by atoms with Crippen molar-refractivity contribution < 1.29 is 4.79 Å². The topological polar surface area (TPSA) is 32.3 Å². The zero-order chi connectivity index (χ0) is 11.3. The van der Waals surface area contributed by atoms with Gasteiger partial charge in [-0.05, 0) is 37.8 Å². The van der Waals surface area contributed by atoms with Crippen LogP contribution in [0.25, 0.3) is 0 Å². The van der Waals surface area contributed by atoms with E-state index in [2.05, 4.69) is 19.2 Å². The van der Waals surface area contributed by atoms with E-state index in [9.17, 15) is 4.79 Å². The summed E-state index contributed by atoms with van der Waals surface area (Å²) >= 11 is 0. The molecule has 0 spiro atoms. The summed E-state index contributed by atoms with van der Waals surface area (Å²) in [6, 6.07) is 0. The van der Waals surface area contributed by atoms with Gasteiger partial charge in [0.2, 0.25) is 5.91 Å². The molecule has 0 saturated carbocycles. The molecule has 1 saturated heterocycles. The number of carbonyl (C=O) groups is 1. The van der Waals surface area contributed by atoms with Gasteiger partial charge < -0.3 is 10.2 Å². The van der Waals surface area contributed by atoms with E-state index in [-0.39, 0.29) is 0 Å². The van der Waals surface area contributed by atoms with Gasteiger partial charge in [-0.25, -0.2) is 0 Å². The van der Waals surface area contributed by atoms with E-state index in [0.717, 1.165) is 26.1 Å². The lowest BCUT2D eigenvalue weighted by atomic mass is 9.95. The smallest absolute Gasteiger partial charge is 0.222 e. The van der Waals surface area contributed by atoms with Crippen LogP contribution in [0.15, 0.2) is 0 Å². The van der Waals surface area contributed by atoms with Crippen LogP contribution in [0.3, 0.4) is 0 Å². The highest BCUT2D eigenvalue weighted by Crippen LogP contribution is 2.15. The minimum absolute atomic E-state index is 0.303. The Morgan fingerprint density at radius 1 is 1.53 bits per heavy atom. The lowest BCUT2D eigenvalue weighted by Crippen LogP contribution is -2.36. The van der Waals surface area contributed by atoms with E-state index in [1.54, 1.807) is 0 Å². The van der Waals surface area contributed by atoms with Gasteiger partial charge in [-0.1, -0.05) is 13.8 Å². The van der Waals surface area contributed by atoms with E-state index in [1.807, 2.05) is 11.9 Å². The summed E-state index contributed by atoms with van der Waals surface area (Å²) in [7, 11) is 1.92. The fraction of sp³-hybridized carbons (Fsp3) is 0.917. The van der Waals surface area contributed by atoms with Crippen LogP contribution in [-0.4, -0.2) is 37.5 Å². The molecule has 15 heavy (non-hydrogen) atoms. The fourth-order valence-electron chi connectivity index (χ4n) is 2.15. The highest BCUT2D eigenvalue weighted by atomic mass is 16.2. The second kappa shape index (κ2) is 6.11. The Morgan fingerprint density at radius 2 is 2.27 bits per heavy atom. The predicted octanol–water partition coefficient (Wildman–Crippen LogP) is 1.49. The van der Waals surface area contributed by atoms with Crippen molar-refractivity contribution in [1.82, 2.24) is 10.2 Å². The van der Waals surface area contributed by atoms with Crippen LogP contribution in [0.5, 0.6) is 0 Å². The van der Waals surface area contributed by atoms with Gasteiger partial charge in [-0.15, -0.1) is 0 Å². The summed E-state index contributed by atoms with van der Waals surface area (Å²) in [6.07, 6.45) is 3.14. The third-order valence-corrected chi connectivity index (χ3v) is 2.93. The Kier molecular flexibility index (Phi) is 5.09. The fourth-order valence-corrected chi connectivity index (χ4v) is 2.15. The molecule has 88 valence electrons. The Labute approximate surface area is 93.2 Å². The monoisotopic (exact) mass is 212 g/mol. The summed E-state index contributed by atoms with van der Waals surface area (Å²) in [4.78, 5) is 13.7. The van der Waals surface area contributed by atoms with E-state index in [4.69, 9.17) is 0 Å². The van der Waals surface area contributed by atoms with E-state index in [0.29, 0.717) is 17.7 Å². The summed E-state index contributed by atoms with van der Waals surface area (Å²) < 4.78 is 0. The molecule has 3 nitrogen and oxygen atoms in total. The molecule has 3 heteroatoms. The predicted molar refractivity (Wildman–Crippen MR) is 62.7 cm³/mol. The van der Waals surface area contributed by atoms with Gasteiger partial charge in [0.05, 0.1) is 0 Å². The molecule has 0 aliphatic carbocycles. The van der Waals surface area contributed by atoms with Gasteiger partial charge >= 0.3 is 0 Å². The van der Waals surface area contributed by atoms with Gasteiger partial charge in [-0.2, -0.15) is 0 Å². The first-order chi connectivity index (χ1) is 7.09. The number of amides is 1. The molecule has 1 fully saturated rings. The van der Waals surface area contributed by atoms with Crippen LogP contribution in [-0.2, 0) is 4.79 Å². The maximum absolute atomic E-state index is 11.8. The number of hydrogen-bond acceptors (Lipinski definition) is 2. The first-order valence-corrected chi connectivity index (χ1v) is 6.04. The maximum atomic E-state index is 11.8. The summed E-state index contributed by atoms with van der Waals surface area (Å²) in [5, 5.41) is 3.35.